The number of esters is 1. The standard InChI is InChI=1S/C18H16BrNO3/c1-23-17(21)10-13-11-20(16-5-3-2-4-15(13)16)18(22)12-6-8-14(19)9-7-12/h2-9,13H,10-11H2,1H3. The van der Waals surface area contributed by atoms with Gasteiger partial charge >= 0.3 is 5.97 Å². The van der Waals surface area contributed by atoms with Gasteiger partial charge in [-0.2, -0.15) is 0 Å². The molecule has 5 heteroatoms. The number of anilines is 1. The summed E-state index contributed by atoms with van der Waals surface area (Å²) in [7, 11) is 1.38. The van der Waals surface area contributed by atoms with Gasteiger partial charge in [0, 0.05) is 28.2 Å². The van der Waals surface area contributed by atoms with Crippen LogP contribution in [0, 0.1) is 0 Å². The van der Waals surface area contributed by atoms with Crippen LogP contribution in [0.3, 0.4) is 0 Å². The van der Waals surface area contributed by atoms with Gasteiger partial charge in [0.15, 0.2) is 0 Å². The molecule has 1 amide bonds. The SMILES string of the molecule is COC(=O)CC1CN(C(=O)c2ccc(Br)cc2)c2ccccc21. The van der Waals surface area contributed by atoms with E-state index >= 15 is 0 Å². The van der Waals surface area contributed by atoms with Gasteiger partial charge in [0.1, 0.15) is 0 Å². The van der Waals surface area contributed by atoms with Crippen molar-refractivity contribution in [1.82, 2.24) is 0 Å². The minimum atomic E-state index is -0.261. The predicted octanol–water partition coefficient (Wildman–Crippen LogP) is 3.76. The number of benzene rings is 2. The summed E-state index contributed by atoms with van der Waals surface area (Å²) in [6, 6.07) is 15.0. The lowest BCUT2D eigenvalue weighted by atomic mass is 9.98. The number of hydrogen-bond donors (Lipinski definition) is 0. The molecule has 23 heavy (non-hydrogen) atoms. The fourth-order valence-corrected chi connectivity index (χ4v) is 3.16. The third-order valence-corrected chi connectivity index (χ3v) is 4.58. The number of hydrogen-bond acceptors (Lipinski definition) is 3. The van der Waals surface area contributed by atoms with Crippen molar-refractivity contribution in [3.63, 3.8) is 0 Å². The molecule has 1 aliphatic heterocycles. The second-order valence-electron chi connectivity index (χ2n) is 5.46. The third kappa shape index (κ3) is 3.15. The summed E-state index contributed by atoms with van der Waals surface area (Å²) < 4.78 is 5.70. The molecular weight excluding hydrogens is 358 g/mol. The number of carbonyl (C=O) groups is 2. The van der Waals surface area contributed by atoms with Crippen LogP contribution in [0.25, 0.3) is 0 Å². The first-order valence-corrected chi connectivity index (χ1v) is 8.12. The molecule has 0 saturated carbocycles. The topological polar surface area (TPSA) is 46.6 Å². The van der Waals surface area contributed by atoms with Gasteiger partial charge in [0.25, 0.3) is 5.91 Å². The Kier molecular flexibility index (Phi) is 4.48. The molecule has 0 N–H and O–H groups in total. The molecule has 0 aromatic heterocycles. The van der Waals surface area contributed by atoms with Crippen molar-refractivity contribution in [2.24, 2.45) is 0 Å². The summed E-state index contributed by atoms with van der Waals surface area (Å²) in [6.45, 7) is 0.489. The maximum atomic E-state index is 12.8. The molecule has 3 rings (SSSR count). The minimum Gasteiger partial charge on any atom is -0.469 e. The number of ether oxygens (including phenoxy) is 1. The highest BCUT2D eigenvalue weighted by Gasteiger charge is 2.33. The summed E-state index contributed by atoms with van der Waals surface area (Å²) in [6.07, 6.45) is 0.275. The molecule has 118 valence electrons. The number of methoxy groups -OCH3 is 1. The number of rotatable bonds is 3. The van der Waals surface area contributed by atoms with E-state index in [4.69, 9.17) is 4.74 Å². The maximum Gasteiger partial charge on any atom is 0.306 e. The van der Waals surface area contributed by atoms with Crippen molar-refractivity contribution in [3.05, 3.63) is 64.1 Å². The van der Waals surface area contributed by atoms with Crippen LogP contribution in [0.5, 0.6) is 0 Å². The number of fused-ring (bicyclic) bond motifs is 1. The molecule has 0 radical (unpaired) electrons. The Morgan fingerprint density at radius 2 is 1.87 bits per heavy atom. The van der Waals surface area contributed by atoms with Gasteiger partial charge in [-0.1, -0.05) is 34.1 Å². The first kappa shape index (κ1) is 15.7. The van der Waals surface area contributed by atoms with Crippen molar-refractivity contribution in [3.8, 4) is 0 Å². The summed E-state index contributed by atoms with van der Waals surface area (Å²) in [5.74, 6) is -0.349. The van der Waals surface area contributed by atoms with Crippen molar-refractivity contribution in [2.45, 2.75) is 12.3 Å². The molecule has 0 bridgehead atoms. The second kappa shape index (κ2) is 6.54. The summed E-state index contributed by atoms with van der Waals surface area (Å²) in [4.78, 5) is 26.2. The average molecular weight is 374 g/mol. The van der Waals surface area contributed by atoms with Crippen LogP contribution in [0.15, 0.2) is 53.0 Å². The molecule has 0 fully saturated rings. The smallest absolute Gasteiger partial charge is 0.306 e. The second-order valence-corrected chi connectivity index (χ2v) is 6.37. The van der Waals surface area contributed by atoms with Crippen molar-refractivity contribution >= 4 is 33.5 Å². The Hall–Kier alpha value is -2.14. The van der Waals surface area contributed by atoms with Gasteiger partial charge in [-0.25, -0.2) is 0 Å². The minimum absolute atomic E-state index is 0.0296. The number of nitrogens with zero attached hydrogens (tertiary/aromatic N) is 1. The monoisotopic (exact) mass is 373 g/mol. The fourth-order valence-electron chi connectivity index (χ4n) is 2.90. The van der Waals surface area contributed by atoms with Crippen molar-refractivity contribution < 1.29 is 14.3 Å². The van der Waals surface area contributed by atoms with Crippen LogP contribution >= 0.6 is 15.9 Å². The van der Waals surface area contributed by atoms with Gasteiger partial charge in [0.05, 0.1) is 13.5 Å². The summed E-state index contributed by atoms with van der Waals surface area (Å²) in [5, 5.41) is 0. The van der Waals surface area contributed by atoms with E-state index in [9.17, 15) is 9.59 Å². The van der Waals surface area contributed by atoms with Gasteiger partial charge in [0.2, 0.25) is 0 Å². The Balaban J connectivity index is 1.90. The van der Waals surface area contributed by atoms with Crippen LogP contribution in [0.2, 0.25) is 0 Å². The van der Waals surface area contributed by atoms with E-state index < -0.39 is 0 Å². The maximum absolute atomic E-state index is 12.8. The lowest BCUT2D eigenvalue weighted by Gasteiger charge is -2.18. The lowest BCUT2D eigenvalue weighted by molar-refractivity contribution is -0.141. The lowest BCUT2D eigenvalue weighted by Crippen LogP contribution is -2.30. The molecule has 1 heterocycles. The molecule has 1 aliphatic rings. The molecular formula is C18H16BrNO3. The van der Waals surface area contributed by atoms with E-state index in [0.29, 0.717) is 12.1 Å². The van der Waals surface area contributed by atoms with Crippen LogP contribution in [-0.4, -0.2) is 25.5 Å². The first-order valence-electron chi connectivity index (χ1n) is 7.33. The molecule has 1 unspecified atom stereocenters. The highest BCUT2D eigenvalue weighted by Crippen LogP contribution is 2.38. The van der Waals surface area contributed by atoms with E-state index in [1.54, 1.807) is 17.0 Å². The average Bonchev–Trinajstić information content (AvgIpc) is 2.93. The quantitative estimate of drug-likeness (QED) is 0.769. The molecule has 0 aliphatic carbocycles. The largest absolute Gasteiger partial charge is 0.469 e. The van der Waals surface area contributed by atoms with E-state index in [1.807, 2.05) is 36.4 Å². The zero-order valence-electron chi connectivity index (χ0n) is 12.7. The van der Waals surface area contributed by atoms with E-state index in [2.05, 4.69) is 15.9 Å². The Labute approximate surface area is 143 Å². The molecule has 4 nitrogen and oxygen atoms in total. The summed E-state index contributed by atoms with van der Waals surface area (Å²) >= 11 is 3.37. The molecule has 1 atom stereocenters. The Morgan fingerprint density at radius 3 is 2.57 bits per heavy atom. The fraction of sp³-hybridized carbons (Fsp3) is 0.222. The van der Waals surface area contributed by atoms with Gasteiger partial charge in [-0.05, 0) is 35.9 Å². The van der Waals surface area contributed by atoms with Crippen LogP contribution in [0.1, 0.15) is 28.3 Å². The van der Waals surface area contributed by atoms with E-state index in [0.717, 1.165) is 15.7 Å². The third-order valence-electron chi connectivity index (χ3n) is 4.05. The number of carbonyl (C=O) groups excluding carboxylic acids is 2. The Bertz CT molecular complexity index is 742. The number of halogens is 1. The number of amides is 1. The van der Waals surface area contributed by atoms with Gasteiger partial charge < -0.3 is 9.64 Å². The first-order chi connectivity index (χ1) is 11.1. The summed E-state index contributed by atoms with van der Waals surface area (Å²) in [5.41, 5.74) is 2.51. The zero-order chi connectivity index (χ0) is 16.4. The zero-order valence-corrected chi connectivity index (χ0v) is 14.2. The highest BCUT2D eigenvalue weighted by molar-refractivity contribution is 9.10. The van der Waals surface area contributed by atoms with Crippen LogP contribution in [0.4, 0.5) is 5.69 Å². The van der Waals surface area contributed by atoms with E-state index in [1.165, 1.54) is 7.11 Å². The molecule has 0 spiro atoms. The van der Waals surface area contributed by atoms with Crippen molar-refractivity contribution in [2.75, 3.05) is 18.6 Å². The van der Waals surface area contributed by atoms with Gasteiger partial charge in [-0.3, -0.25) is 9.59 Å². The predicted molar refractivity (Wildman–Crippen MR) is 91.6 cm³/mol. The van der Waals surface area contributed by atoms with Gasteiger partial charge in [-0.15, -0.1) is 0 Å². The number of para-hydroxylation sites is 1. The normalized spacial score (nSPS) is 16.1. The molecule has 0 saturated heterocycles. The van der Waals surface area contributed by atoms with Crippen LogP contribution < -0.4 is 4.90 Å². The molecule has 2 aromatic rings. The van der Waals surface area contributed by atoms with Crippen molar-refractivity contribution in [1.29, 1.82) is 0 Å². The highest BCUT2D eigenvalue weighted by atomic mass is 79.9. The molecule has 2 aromatic carbocycles. The van der Waals surface area contributed by atoms with Crippen LogP contribution in [-0.2, 0) is 9.53 Å². The van der Waals surface area contributed by atoms with E-state index in [-0.39, 0.29) is 24.2 Å². The Morgan fingerprint density at radius 1 is 1.17 bits per heavy atom.